The Morgan fingerprint density at radius 2 is 1.71 bits per heavy atom. The highest BCUT2D eigenvalue weighted by Crippen LogP contribution is 2.31. The Bertz CT molecular complexity index is 826. The molecule has 1 atom stereocenters. The van der Waals surface area contributed by atoms with E-state index in [4.69, 9.17) is 0 Å². The quantitative estimate of drug-likeness (QED) is 0.716. The molecule has 0 spiro atoms. The van der Waals surface area contributed by atoms with Gasteiger partial charge in [0.25, 0.3) is 0 Å². The lowest BCUT2D eigenvalue weighted by molar-refractivity contribution is 0.209. The maximum absolute atomic E-state index is 14.0. The molecule has 6 heteroatoms. The van der Waals surface area contributed by atoms with Crippen molar-refractivity contribution in [3.63, 3.8) is 0 Å². The van der Waals surface area contributed by atoms with Crippen molar-refractivity contribution in [2.24, 2.45) is 0 Å². The van der Waals surface area contributed by atoms with Crippen molar-refractivity contribution in [3.05, 3.63) is 70.0 Å². The van der Waals surface area contributed by atoms with Crippen molar-refractivity contribution < 1.29 is 13.9 Å². The predicted molar refractivity (Wildman–Crippen MR) is 77.7 cm³/mol. The molecular weight excluding hydrogens is 342 g/mol. The molecule has 0 aliphatic carbocycles. The minimum atomic E-state index is -1.42. The number of fused-ring (bicyclic) bond motifs is 1. The Morgan fingerprint density at radius 1 is 1.00 bits per heavy atom. The number of aromatic nitrogens is 2. The minimum Gasteiger partial charge on any atom is -0.383 e. The molecule has 21 heavy (non-hydrogen) atoms. The second-order valence-electron chi connectivity index (χ2n) is 4.46. The summed E-state index contributed by atoms with van der Waals surface area (Å²) in [5, 5.41) is 10.3. The molecule has 1 N–H and O–H groups in total. The zero-order chi connectivity index (χ0) is 15.0. The van der Waals surface area contributed by atoms with Gasteiger partial charge in [0.05, 0.1) is 21.1 Å². The van der Waals surface area contributed by atoms with Gasteiger partial charge >= 0.3 is 0 Å². The number of nitrogens with zero attached hydrogens (tertiary/aromatic N) is 2. The summed E-state index contributed by atoms with van der Waals surface area (Å²) < 4.78 is 28.0. The minimum absolute atomic E-state index is 0.0959. The average Bonchev–Trinajstić information content (AvgIpc) is 2.51. The molecule has 2 aromatic carbocycles. The van der Waals surface area contributed by atoms with Gasteiger partial charge in [-0.15, -0.1) is 0 Å². The molecule has 0 aliphatic rings. The lowest BCUT2D eigenvalue weighted by Gasteiger charge is -2.14. The molecule has 1 heterocycles. The molecule has 3 aromatic rings. The van der Waals surface area contributed by atoms with Gasteiger partial charge in [0, 0.05) is 12.4 Å². The van der Waals surface area contributed by atoms with Gasteiger partial charge in [-0.25, -0.2) is 8.78 Å². The van der Waals surface area contributed by atoms with Crippen LogP contribution >= 0.6 is 15.9 Å². The Kier molecular flexibility index (Phi) is 3.65. The average molecular weight is 351 g/mol. The largest absolute Gasteiger partial charge is 0.383 e. The molecule has 106 valence electrons. The summed E-state index contributed by atoms with van der Waals surface area (Å²) in [5.74, 6) is -1.62. The summed E-state index contributed by atoms with van der Waals surface area (Å²) in [5.41, 5.74) is 1.14. The number of hydrogen-bond donors (Lipinski definition) is 1. The van der Waals surface area contributed by atoms with E-state index in [2.05, 4.69) is 25.9 Å². The van der Waals surface area contributed by atoms with Crippen LogP contribution in [0.15, 0.2) is 47.2 Å². The summed E-state index contributed by atoms with van der Waals surface area (Å²) in [6.45, 7) is 0. The zero-order valence-corrected chi connectivity index (χ0v) is 12.2. The van der Waals surface area contributed by atoms with Crippen molar-refractivity contribution in [1.29, 1.82) is 0 Å². The van der Waals surface area contributed by atoms with E-state index in [1.54, 1.807) is 24.4 Å². The number of rotatable bonds is 2. The van der Waals surface area contributed by atoms with Gasteiger partial charge in [0.15, 0.2) is 0 Å². The molecule has 0 amide bonds. The molecule has 0 radical (unpaired) electrons. The van der Waals surface area contributed by atoms with E-state index in [9.17, 15) is 13.9 Å². The summed E-state index contributed by atoms with van der Waals surface area (Å²) >= 11 is 2.99. The molecule has 0 saturated carbocycles. The van der Waals surface area contributed by atoms with E-state index < -0.39 is 23.3 Å². The van der Waals surface area contributed by atoms with Crippen LogP contribution in [0.4, 0.5) is 8.78 Å². The summed E-state index contributed by atoms with van der Waals surface area (Å²) in [4.78, 5) is 8.21. The van der Waals surface area contributed by atoms with Gasteiger partial charge in [-0.05, 0) is 45.8 Å². The fourth-order valence-corrected chi connectivity index (χ4v) is 2.46. The first-order valence-electron chi connectivity index (χ1n) is 6.10. The van der Waals surface area contributed by atoms with Crippen LogP contribution in [0.5, 0.6) is 0 Å². The number of aliphatic hydroxyl groups is 1. The van der Waals surface area contributed by atoms with Crippen LogP contribution < -0.4 is 0 Å². The van der Waals surface area contributed by atoms with Crippen LogP contribution in [0, 0.1) is 11.6 Å². The van der Waals surface area contributed by atoms with Gasteiger partial charge < -0.3 is 5.11 Å². The van der Waals surface area contributed by atoms with Crippen LogP contribution in [0.2, 0.25) is 0 Å². The smallest absolute Gasteiger partial charge is 0.146 e. The number of halogens is 3. The lowest BCUT2D eigenvalue weighted by atomic mass is 10.00. The van der Waals surface area contributed by atoms with Crippen LogP contribution in [0.25, 0.3) is 11.0 Å². The summed E-state index contributed by atoms with van der Waals surface area (Å²) in [6.07, 6.45) is 1.64. The maximum atomic E-state index is 14.0. The Labute approximate surface area is 127 Å². The second kappa shape index (κ2) is 5.46. The van der Waals surface area contributed by atoms with E-state index in [1.165, 1.54) is 12.3 Å². The van der Waals surface area contributed by atoms with E-state index >= 15 is 0 Å². The van der Waals surface area contributed by atoms with Crippen molar-refractivity contribution in [3.8, 4) is 0 Å². The highest BCUT2D eigenvalue weighted by Gasteiger charge is 2.22. The second-order valence-corrected chi connectivity index (χ2v) is 5.32. The summed E-state index contributed by atoms with van der Waals surface area (Å²) in [6, 6.07) is 7.14. The Hall–Kier alpha value is -1.92. The monoisotopic (exact) mass is 350 g/mol. The Balaban J connectivity index is 2.12. The fourth-order valence-electron chi connectivity index (χ4n) is 2.11. The molecule has 0 aliphatic heterocycles. The fraction of sp³-hybridized carbons (Fsp3) is 0.0667. The molecule has 0 saturated heterocycles. The van der Waals surface area contributed by atoms with E-state index in [0.717, 1.165) is 6.07 Å². The molecule has 3 nitrogen and oxygen atoms in total. The highest BCUT2D eigenvalue weighted by atomic mass is 79.9. The van der Waals surface area contributed by atoms with Crippen molar-refractivity contribution in [1.82, 2.24) is 9.97 Å². The topological polar surface area (TPSA) is 46.0 Å². The third-order valence-corrected chi connectivity index (χ3v) is 3.77. The normalized spacial score (nSPS) is 12.6. The first-order valence-corrected chi connectivity index (χ1v) is 6.89. The standard InChI is InChI=1S/C15H9BrF2N2O/c16-9-2-3-10(17)13(14(9)18)15(21)8-1-4-11-12(7-8)20-6-5-19-11/h1-7,15,21H. The molecule has 3 rings (SSSR count). The molecular formula is C15H9BrF2N2O. The maximum Gasteiger partial charge on any atom is 0.146 e. The van der Waals surface area contributed by atoms with Crippen molar-refractivity contribution >= 4 is 27.0 Å². The first kappa shape index (κ1) is 14.0. The van der Waals surface area contributed by atoms with Crippen LogP contribution in [0.3, 0.4) is 0 Å². The highest BCUT2D eigenvalue weighted by molar-refractivity contribution is 9.10. The van der Waals surface area contributed by atoms with Crippen LogP contribution in [-0.4, -0.2) is 15.1 Å². The molecule has 0 fully saturated rings. The van der Waals surface area contributed by atoms with E-state index in [0.29, 0.717) is 16.6 Å². The third kappa shape index (κ3) is 2.52. The van der Waals surface area contributed by atoms with E-state index in [1.807, 2.05) is 0 Å². The number of aliphatic hydroxyl groups excluding tert-OH is 1. The summed E-state index contributed by atoms with van der Waals surface area (Å²) in [7, 11) is 0. The van der Waals surface area contributed by atoms with Crippen LogP contribution in [0.1, 0.15) is 17.2 Å². The van der Waals surface area contributed by atoms with Gasteiger partial charge in [-0.2, -0.15) is 0 Å². The molecule has 1 unspecified atom stereocenters. The third-order valence-electron chi connectivity index (χ3n) is 3.16. The number of hydrogen-bond acceptors (Lipinski definition) is 3. The zero-order valence-electron chi connectivity index (χ0n) is 10.6. The first-order chi connectivity index (χ1) is 10.1. The van der Waals surface area contributed by atoms with Crippen molar-refractivity contribution in [2.45, 2.75) is 6.10 Å². The SMILES string of the molecule is OC(c1ccc2nccnc2c1)c1c(F)ccc(Br)c1F. The van der Waals surface area contributed by atoms with Crippen molar-refractivity contribution in [2.75, 3.05) is 0 Å². The van der Waals surface area contributed by atoms with E-state index in [-0.39, 0.29) is 4.47 Å². The van der Waals surface area contributed by atoms with Gasteiger partial charge in [-0.3, -0.25) is 9.97 Å². The number of benzene rings is 2. The van der Waals surface area contributed by atoms with Gasteiger partial charge in [-0.1, -0.05) is 6.07 Å². The van der Waals surface area contributed by atoms with Gasteiger partial charge in [0.2, 0.25) is 0 Å². The molecule has 0 bridgehead atoms. The molecule has 1 aromatic heterocycles. The van der Waals surface area contributed by atoms with Gasteiger partial charge in [0.1, 0.15) is 17.7 Å². The lowest BCUT2D eigenvalue weighted by Crippen LogP contribution is -2.06. The Morgan fingerprint density at radius 3 is 2.48 bits per heavy atom. The van der Waals surface area contributed by atoms with Crippen LogP contribution in [-0.2, 0) is 0 Å². The predicted octanol–water partition coefficient (Wildman–Crippen LogP) is 3.75.